The van der Waals surface area contributed by atoms with E-state index in [1.54, 1.807) is 32.5 Å². The first-order valence-electron chi connectivity index (χ1n) is 3.66. The van der Waals surface area contributed by atoms with Crippen molar-refractivity contribution in [3.63, 3.8) is 0 Å². The van der Waals surface area contributed by atoms with Gasteiger partial charge >= 0.3 is 0 Å². The summed E-state index contributed by atoms with van der Waals surface area (Å²) in [5.41, 5.74) is 0. The highest BCUT2D eigenvalue weighted by atomic mass is 32.1. The van der Waals surface area contributed by atoms with Crippen molar-refractivity contribution in [1.82, 2.24) is 10.3 Å². The van der Waals surface area contributed by atoms with Crippen LogP contribution < -0.4 is 14.8 Å². The fraction of sp³-hybridized carbons (Fsp3) is 0.250. The van der Waals surface area contributed by atoms with Gasteiger partial charge in [0.15, 0.2) is 5.75 Å². The highest BCUT2D eigenvalue weighted by Crippen LogP contribution is 2.22. The normalized spacial score (nSPS) is 9.08. The molecule has 0 amide bonds. The van der Waals surface area contributed by atoms with Crippen molar-refractivity contribution < 1.29 is 9.47 Å². The maximum absolute atomic E-state index is 5.17. The lowest BCUT2D eigenvalue weighted by Gasteiger charge is -2.07. The smallest absolute Gasteiger partial charge is 0.264 e. The molecular weight excluding hydrogens is 188 g/mol. The van der Waals surface area contributed by atoms with Crippen molar-refractivity contribution in [2.75, 3.05) is 14.2 Å². The van der Waals surface area contributed by atoms with E-state index in [2.05, 4.69) is 10.3 Å². The van der Waals surface area contributed by atoms with Crippen molar-refractivity contribution in [3.8, 4) is 11.6 Å². The standard InChI is InChI=1S/C8H10N2O2S/c1-9-8(13)12-7-6(11-2)4-3-5-10-7/h3-5H,1-2H3,(H,9,13). The van der Waals surface area contributed by atoms with Crippen molar-refractivity contribution in [2.45, 2.75) is 0 Å². The molecule has 0 spiro atoms. The third kappa shape index (κ3) is 2.55. The average molecular weight is 198 g/mol. The molecule has 0 fully saturated rings. The maximum atomic E-state index is 5.17. The van der Waals surface area contributed by atoms with Gasteiger partial charge in [0.25, 0.3) is 11.1 Å². The van der Waals surface area contributed by atoms with Crippen LogP contribution >= 0.6 is 12.2 Å². The number of pyridine rings is 1. The van der Waals surface area contributed by atoms with Crippen molar-refractivity contribution in [1.29, 1.82) is 0 Å². The Balaban J connectivity index is 2.81. The molecular formula is C8H10N2O2S. The van der Waals surface area contributed by atoms with Crippen LogP contribution in [0.2, 0.25) is 0 Å². The number of ether oxygens (including phenoxy) is 2. The molecule has 13 heavy (non-hydrogen) atoms. The second kappa shape index (κ2) is 4.61. The lowest BCUT2D eigenvalue weighted by atomic mass is 10.4. The summed E-state index contributed by atoms with van der Waals surface area (Å²) in [5, 5.41) is 2.94. The number of rotatable bonds is 2. The average Bonchev–Trinajstić information content (AvgIpc) is 2.18. The zero-order valence-electron chi connectivity index (χ0n) is 7.40. The first-order valence-corrected chi connectivity index (χ1v) is 4.07. The number of thiocarbonyl (C=S) groups is 1. The molecule has 0 saturated heterocycles. The Hall–Kier alpha value is -1.36. The Labute approximate surface area is 81.9 Å². The Morgan fingerprint density at radius 1 is 1.62 bits per heavy atom. The topological polar surface area (TPSA) is 43.4 Å². The van der Waals surface area contributed by atoms with Gasteiger partial charge in [0.1, 0.15) is 0 Å². The summed E-state index contributed by atoms with van der Waals surface area (Å²) in [6, 6.07) is 3.51. The molecule has 70 valence electrons. The van der Waals surface area contributed by atoms with Crippen LogP contribution in [-0.4, -0.2) is 24.3 Å². The van der Waals surface area contributed by atoms with Gasteiger partial charge in [-0.05, 0) is 24.4 Å². The largest absolute Gasteiger partial charge is 0.491 e. The minimum atomic E-state index is 0.261. The Kier molecular flexibility index (Phi) is 3.45. The van der Waals surface area contributed by atoms with E-state index >= 15 is 0 Å². The number of nitrogens with one attached hydrogen (secondary N) is 1. The molecule has 0 radical (unpaired) electrons. The van der Waals surface area contributed by atoms with Gasteiger partial charge in [0, 0.05) is 13.2 Å². The van der Waals surface area contributed by atoms with Crippen LogP contribution in [0.4, 0.5) is 0 Å². The molecule has 1 aromatic rings. The lowest BCUT2D eigenvalue weighted by Crippen LogP contribution is -2.22. The predicted molar refractivity (Wildman–Crippen MR) is 53.1 cm³/mol. The minimum Gasteiger partial charge on any atom is -0.491 e. The lowest BCUT2D eigenvalue weighted by molar-refractivity contribution is 0.383. The molecule has 0 bridgehead atoms. The van der Waals surface area contributed by atoms with Crippen LogP contribution in [0.1, 0.15) is 0 Å². The first-order chi connectivity index (χ1) is 6.27. The third-order valence-corrected chi connectivity index (χ3v) is 1.64. The zero-order chi connectivity index (χ0) is 9.68. The predicted octanol–water partition coefficient (Wildman–Crippen LogP) is 0.973. The molecule has 1 aromatic heterocycles. The summed E-state index contributed by atoms with van der Waals surface area (Å²) in [5.74, 6) is 0.921. The van der Waals surface area contributed by atoms with Crippen LogP contribution in [-0.2, 0) is 0 Å². The molecule has 0 aliphatic rings. The van der Waals surface area contributed by atoms with Crippen LogP contribution in [0.25, 0.3) is 0 Å². The summed E-state index contributed by atoms with van der Waals surface area (Å²) in [4.78, 5) is 3.96. The Morgan fingerprint density at radius 3 is 3.00 bits per heavy atom. The number of hydrogen-bond acceptors (Lipinski definition) is 4. The van der Waals surface area contributed by atoms with Crippen molar-refractivity contribution >= 4 is 17.4 Å². The van der Waals surface area contributed by atoms with Gasteiger partial charge in [-0.15, -0.1) is 0 Å². The van der Waals surface area contributed by atoms with E-state index in [9.17, 15) is 0 Å². The molecule has 0 atom stereocenters. The van der Waals surface area contributed by atoms with Gasteiger partial charge in [-0.3, -0.25) is 0 Å². The fourth-order valence-electron chi connectivity index (χ4n) is 0.747. The fourth-order valence-corrected chi connectivity index (χ4v) is 0.826. The molecule has 1 heterocycles. The molecule has 5 heteroatoms. The molecule has 4 nitrogen and oxygen atoms in total. The Morgan fingerprint density at radius 2 is 2.38 bits per heavy atom. The SMILES string of the molecule is CNC(=S)Oc1ncccc1OC. The van der Waals surface area contributed by atoms with Crippen LogP contribution in [0, 0.1) is 0 Å². The second-order valence-corrected chi connectivity index (χ2v) is 2.52. The van der Waals surface area contributed by atoms with E-state index in [1.165, 1.54) is 0 Å². The summed E-state index contributed by atoms with van der Waals surface area (Å²) >= 11 is 4.82. The maximum Gasteiger partial charge on any atom is 0.264 e. The van der Waals surface area contributed by atoms with Gasteiger partial charge in [0.2, 0.25) is 0 Å². The van der Waals surface area contributed by atoms with E-state index in [0.29, 0.717) is 11.6 Å². The van der Waals surface area contributed by atoms with Crippen LogP contribution in [0.5, 0.6) is 11.6 Å². The summed E-state index contributed by atoms with van der Waals surface area (Å²) in [7, 11) is 3.23. The van der Waals surface area contributed by atoms with E-state index in [0.717, 1.165) is 0 Å². The molecule has 0 unspecified atom stereocenters. The highest BCUT2D eigenvalue weighted by molar-refractivity contribution is 7.80. The molecule has 1 rings (SSSR count). The first kappa shape index (κ1) is 9.73. The summed E-state index contributed by atoms with van der Waals surface area (Å²) < 4.78 is 10.2. The monoisotopic (exact) mass is 198 g/mol. The van der Waals surface area contributed by atoms with E-state index in [-0.39, 0.29) is 5.17 Å². The molecule has 0 aliphatic heterocycles. The van der Waals surface area contributed by atoms with Gasteiger partial charge in [-0.2, -0.15) is 0 Å². The zero-order valence-corrected chi connectivity index (χ0v) is 8.22. The summed E-state index contributed by atoms with van der Waals surface area (Å²) in [6.07, 6.45) is 1.61. The third-order valence-electron chi connectivity index (χ3n) is 1.35. The molecule has 0 aliphatic carbocycles. The van der Waals surface area contributed by atoms with Gasteiger partial charge < -0.3 is 14.8 Å². The molecule has 0 aromatic carbocycles. The highest BCUT2D eigenvalue weighted by Gasteiger charge is 2.05. The molecule has 0 saturated carbocycles. The van der Waals surface area contributed by atoms with E-state index in [4.69, 9.17) is 21.7 Å². The number of nitrogens with zero attached hydrogens (tertiary/aromatic N) is 1. The Bertz CT molecular complexity index is 304. The quantitative estimate of drug-likeness (QED) is 0.717. The second-order valence-electron chi connectivity index (χ2n) is 2.15. The van der Waals surface area contributed by atoms with Crippen molar-refractivity contribution in [2.24, 2.45) is 0 Å². The van der Waals surface area contributed by atoms with E-state index < -0.39 is 0 Å². The van der Waals surface area contributed by atoms with Crippen LogP contribution in [0.3, 0.4) is 0 Å². The summed E-state index contributed by atoms with van der Waals surface area (Å²) in [6.45, 7) is 0. The van der Waals surface area contributed by atoms with Gasteiger partial charge in [0.05, 0.1) is 7.11 Å². The van der Waals surface area contributed by atoms with Crippen molar-refractivity contribution in [3.05, 3.63) is 18.3 Å². The van der Waals surface area contributed by atoms with Crippen LogP contribution in [0.15, 0.2) is 18.3 Å². The number of aromatic nitrogens is 1. The van der Waals surface area contributed by atoms with Gasteiger partial charge in [-0.1, -0.05) is 0 Å². The molecule has 1 N–H and O–H groups in total. The van der Waals surface area contributed by atoms with Gasteiger partial charge in [-0.25, -0.2) is 4.98 Å². The number of methoxy groups -OCH3 is 1. The van der Waals surface area contributed by atoms with E-state index in [1.807, 2.05) is 0 Å². The number of hydrogen-bond donors (Lipinski definition) is 1. The minimum absolute atomic E-state index is 0.261.